The molecule has 1 aromatic rings. The van der Waals surface area contributed by atoms with Crippen LogP contribution in [0.3, 0.4) is 0 Å². The van der Waals surface area contributed by atoms with Gasteiger partial charge in [-0.25, -0.2) is 4.79 Å². The molecule has 3 nitrogen and oxygen atoms in total. The van der Waals surface area contributed by atoms with E-state index in [4.69, 9.17) is 11.6 Å². The number of rotatable bonds is 2. The van der Waals surface area contributed by atoms with Crippen LogP contribution in [0.5, 0.6) is 0 Å². The van der Waals surface area contributed by atoms with Gasteiger partial charge < -0.3 is 9.64 Å². The SMILES string of the molecule is COC(=O)C1CN1c1cccc(Cl)c1. The first kappa shape index (κ1) is 9.34. The Morgan fingerprint density at radius 3 is 3.07 bits per heavy atom. The summed E-state index contributed by atoms with van der Waals surface area (Å²) in [7, 11) is 1.40. The second kappa shape index (κ2) is 3.50. The lowest BCUT2D eigenvalue weighted by atomic mass is 10.3. The summed E-state index contributed by atoms with van der Waals surface area (Å²) in [5.41, 5.74) is 0.966. The lowest BCUT2D eigenvalue weighted by Gasteiger charge is -2.04. The number of benzene rings is 1. The van der Waals surface area contributed by atoms with Crippen LogP contribution in [0.4, 0.5) is 5.69 Å². The van der Waals surface area contributed by atoms with Crippen LogP contribution in [0.25, 0.3) is 0 Å². The number of halogens is 1. The number of carbonyl (C=O) groups is 1. The maximum Gasteiger partial charge on any atom is 0.330 e. The molecule has 0 radical (unpaired) electrons. The second-order valence-electron chi connectivity index (χ2n) is 3.17. The molecule has 0 amide bonds. The van der Waals surface area contributed by atoms with Gasteiger partial charge >= 0.3 is 5.97 Å². The van der Waals surface area contributed by atoms with E-state index in [-0.39, 0.29) is 12.0 Å². The highest BCUT2D eigenvalue weighted by Crippen LogP contribution is 2.30. The number of nitrogens with zero attached hydrogens (tertiary/aromatic N) is 1. The zero-order chi connectivity index (χ0) is 10.1. The third-order valence-corrected chi connectivity index (χ3v) is 2.46. The predicted octanol–water partition coefficient (Wildman–Crippen LogP) is 1.70. The minimum absolute atomic E-state index is 0.126. The Bertz CT molecular complexity index is 367. The number of esters is 1. The van der Waals surface area contributed by atoms with E-state index in [1.54, 1.807) is 0 Å². The van der Waals surface area contributed by atoms with E-state index in [0.29, 0.717) is 11.6 Å². The van der Waals surface area contributed by atoms with E-state index in [0.717, 1.165) is 5.69 Å². The van der Waals surface area contributed by atoms with Crippen LogP contribution >= 0.6 is 11.6 Å². The fourth-order valence-electron chi connectivity index (χ4n) is 1.42. The normalized spacial score (nSPS) is 19.3. The molecule has 1 unspecified atom stereocenters. The van der Waals surface area contributed by atoms with Gasteiger partial charge in [-0.3, -0.25) is 0 Å². The summed E-state index contributed by atoms with van der Waals surface area (Å²) in [5.74, 6) is -0.190. The van der Waals surface area contributed by atoms with Crippen molar-refractivity contribution in [2.24, 2.45) is 0 Å². The van der Waals surface area contributed by atoms with Gasteiger partial charge in [0.25, 0.3) is 0 Å². The molecule has 1 atom stereocenters. The molecule has 1 aliphatic rings. The molecule has 0 spiro atoms. The summed E-state index contributed by atoms with van der Waals surface area (Å²) >= 11 is 5.84. The quantitative estimate of drug-likeness (QED) is 0.551. The van der Waals surface area contributed by atoms with Gasteiger partial charge in [-0.05, 0) is 18.2 Å². The molecule has 1 saturated heterocycles. The fourth-order valence-corrected chi connectivity index (χ4v) is 1.60. The molecule has 0 aliphatic carbocycles. The largest absolute Gasteiger partial charge is 0.467 e. The highest BCUT2D eigenvalue weighted by atomic mass is 35.5. The molecule has 0 N–H and O–H groups in total. The molecule has 2 rings (SSSR count). The van der Waals surface area contributed by atoms with Crippen molar-refractivity contribution in [3.8, 4) is 0 Å². The Morgan fingerprint density at radius 1 is 1.64 bits per heavy atom. The van der Waals surface area contributed by atoms with Gasteiger partial charge in [-0.15, -0.1) is 0 Å². The smallest absolute Gasteiger partial charge is 0.330 e. The average Bonchev–Trinajstić information content (AvgIpc) is 2.96. The van der Waals surface area contributed by atoms with Gasteiger partial charge in [0, 0.05) is 10.7 Å². The topological polar surface area (TPSA) is 29.3 Å². The van der Waals surface area contributed by atoms with Crippen molar-refractivity contribution in [1.82, 2.24) is 0 Å². The van der Waals surface area contributed by atoms with E-state index >= 15 is 0 Å². The summed E-state index contributed by atoms with van der Waals surface area (Å²) in [6, 6.07) is 7.31. The van der Waals surface area contributed by atoms with Crippen LogP contribution in [0.1, 0.15) is 0 Å². The van der Waals surface area contributed by atoms with Gasteiger partial charge in [0.15, 0.2) is 0 Å². The van der Waals surface area contributed by atoms with Crippen molar-refractivity contribution in [3.05, 3.63) is 29.3 Å². The van der Waals surface area contributed by atoms with Crippen LogP contribution in [0.15, 0.2) is 24.3 Å². The summed E-state index contributed by atoms with van der Waals surface area (Å²) in [6.45, 7) is 0.715. The summed E-state index contributed by atoms with van der Waals surface area (Å²) in [4.78, 5) is 13.1. The molecule has 4 heteroatoms. The molecule has 0 saturated carbocycles. The van der Waals surface area contributed by atoms with Gasteiger partial charge in [-0.1, -0.05) is 17.7 Å². The minimum atomic E-state index is -0.190. The van der Waals surface area contributed by atoms with Crippen LogP contribution in [0.2, 0.25) is 5.02 Å². The Morgan fingerprint density at radius 2 is 2.43 bits per heavy atom. The first-order chi connectivity index (χ1) is 6.72. The Hall–Kier alpha value is -1.22. The lowest BCUT2D eigenvalue weighted by Crippen LogP contribution is -2.13. The van der Waals surface area contributed by atoms with Crippen molar-refractivity contribution in [1.29, 1.82) is 0 Å². The lowest BCUT2D eigenvalue weighted by molar-refractivity contribution is -0.139. The van der Waals surface area contributed by atoms with E-state index in [2.05, 4.69) is 4.74 Å². The molecular weight excluding hydrogens is 202 g/mol. The number of methoxy groups -OCH3 is 1. The Balaban J connectivity index is 2.09. The Kier molecular flexibility index (Phi) is 2.33. The maximum absolute atomic E-state index is 11.1. The van der Waals surface area contributed by atoms with Crippen molar-refractivity contribution in [2.45, 2.75) is 6.04 Å². The zero-order valence-electron chi connectivity index (χ0n) is 7.74. The van der Waals surface area contributed by atoms with Gasteiger partial charge in [-0.2, -0.15) is 0 Å². The molecule has 1 fully saturated rings. The Labute approximate surface area is 87.2 Å². The molecule has 1 aliphatic heterocycles. The third kappa shape index (κ3) is 1.68. The average molecular weight is 212 g/mol. The van der Waals surface area contributed by atoms with Crippen LogP contribution in [0, 0.1) is 0 Å². The highest BCUT2D eigenvalue weighted by molar-refractivity contribution is 6.30. The second-order valence-corrected chi connectivity index (χ2v) is 3.61. The molecule has 0 aromatic heterocycles. The number of ether oxygens (including phenoxy) is 1. The maximum atomic E-state index is 11.1. The van der Waals surface area contributed by atoms with Gasteiger partial charge in [0.2, 0.25) is 0 Å². The summed E-state index contributed by atoms with van der Waals surface area (Å²) < 4.78 is 4.64. The minimum Gasteiger partial charge on any atom is -0.467 e. The zero-order valence-corrected chi connectivity index (χ0v) is 8.49. The molecule has 74 valence electrons. The van der Waals surface area contributed by atoms with Crippen LogP contribution in [-0.4, -0.2) is 25.7 Å². The predicted molar refractivity (Wildman–Crippen MR) is 54.6 cm³/mol. The highest BCUT2D eigenvalue weighted by Gasteiger charge is 2.41. The number of hydrogen-bond acceptors (Lipinski definition) is 3. The first-order valence-corrected chi connectivity index (χ1v) is 4.70. The van der Waals surface area contributed by atoms with Crippen molar-refractivity contribution in [3.63, 3.8) is 0 Å². The van der Waals surface area contributed by atoms with Gasteiger partial charge in [0.05, 0.1) is 13.7 Å². The number of anilines is 1. The van der Waals surface area contributed by atoms with E-state index < -0.39 is 0 Å². The number of hydrogen-bond donors (Lipinski definition) is 0. The molecule has 1 heterocycles. The van der Waals surface area contributed by atoms with Crippen molar-refractivity contribution in [2.75, 3.05) is 18.6 Å². The van der Waals surface area contributed by atoms with E-state index in [1.807, 2.05) is 29.2 Å². The van der Waals surface area contributed by atoms with E-state index in [9.17, 15) is 4.79 Å². The standard InChI is InChI=1S/C10H10ClNO2/c1-14-10(13)9-6-12(9)8-4-2-3-7(11)5-8/h2-5,9H,6H2,1H3. The summed E-state index contributed by atoms with van der Waals surface area (Å²) in [6.07, 6.45) is 0. The fraction of sp³-hybridized carbons (Fsp3) is 0.300. The molecule has 1 aromatic carbocycles. The first-order valence-electron chi connectivity index (χ1n) is 4.32. The summed E-state index contributed by atoms with van der Waals surface area (Å²) in [5, 5.41) is 0.679. The molecule has 14 heavy (non-hydrogen) atoms. The number of carbonyl (C=O) groups excluding carboxylic acids is 1. The molecule has 0 bridgehead atoms. The van der Waals surface area contributed by atoms with Crippen LogP contribution in [-0.2, 0) is 9.53 Å². The third-order valence-electron chi connectivity index (χ3n) is 2.23. The van der Waals surface area contributed by atoms with E-state index in [1.165, 1.54) is 7.11 Å². The van der Waals surface area contributed by atoms with Crippen molar-refractivity contribution >= 4 is 23.3 Å². The van der Waals surface area contributed by atoms with Crippen molar-refractivity contribution < 1.29 is 9.53 Å². The van der Waals surface area contributed by atoms with Gasteiger partial charge in [0.1, 0.15) is 6.04 Å². The monoisotopic (exact) mass is 211 g/mol. The molecular formula is C10H10ClNO2. The van der Waals surface area contributed by atoms with Crippen LogP contribution < -0.4 is 4.90 Å².